The number of hydrogen-bond acceptors (Lipinski definition) is 23. The highest BCUT2D eigenvalue weighted by Gasteiger charge is 2.28. The maximum absolute atomic E-state index is 13.1. The summed E-state index contributed by atoms with van der Waals surface area (Å²) < 4.78 is 51.6. The number of aromatic nitrogens is 6. The zero-order valence-electron chi connectivity index (χ0n) is 67.4. The van der Waals surface area contributed by atoms with E-state index in [-0.39, 0.29) is 5.91 Å². The molecule has 0 spiro atoms. The lowest BCUT2D eigenvalue weighted by molar-refractivity contribution is 0.0746. The van der Waals surface area contributed by atoms with Gasteiger partial charge in [-0.2, -0.15) is 15.0 Å². The maximum Gasteiger partial charge on any atom is 0.253 e. The number of ether oxygens (including phenoxy) is 9. The van der Waals surface area contributed by atoms with Gasteiger partial charge in [0.05, 0.1) is 59.2 Å². The Balaban J connectivity index is 0.000000145. The van der Waals surface area contributed by atoms with Gasteiger partial charge in [-0.15, -0.1) is 0 Å². The molecule has 6 heterocycles. The number of carbonyl (C=O) groups excluding carboxylic acids is 1. The Hall–Kier alpha value is -13.4. The largest absolute Gasteiger partial charge is 0.497 e. The van der Waals surface area contributed by atoms with Crippen molar-refractivity contribution in [2.45, 2.75) is 58.7 Å². The van der Waals surface area contributed by atoms with Crippen LogP contribution in [0.15, 0.2) is 231 Å². The molecule has 602 valence electrons. The van der Waals surface area contributed by atoms with Gasteiger partial charge >= 0.3 is 0 Å². The summed E-state index contributed by atoms with van der Waals surface area (Å²) in [4.78, 5) is 53.7. The molecule has 0 saturated carbocycles. The summed E-state index contributed by atoms with van der Waals surface area (Å²) in [5.41, 5.74) is 9.63. The summed E-state index contributed by atoms with van der Waals surface area (Å²) in [6, 6.07) is 75.3. The Labute approximate surface area is 683 Å². The molecule has 24 nitrogen and oxygen atoms in total. The van der Waals surface area contributed by atoms with Crippen molar-refractivity contribution < 1.29 is 47.4 Å². The van der Waals surface area contributed by atoms with E-state index in [1.165, 1.54) is 6.42 Å². The van der Waals surface area contributed by atoms with Gasteiger partial charge in [0, 0.05) is 125 Å². The standard InChI is InChI=1S/C35H35N5O4.C29H33N5O3.C29H32N4O3/c1-42-28-15-13-25(14-16-28)23-36-35-37-30-22-32(44-24-26-9-5-3-6-10-26)31(43-2)21-29(30)33(38-35)39-17-19-40(20-18-39)34(41)27-11-7-4-8-12-27;1-33-13-15-34(16-14-33)28-24-17-26(36-3)27(37-20-22-7-5-4-6-8-22)18-25(24)31-29(32-28)30-19-21-9-11-23(35-2)12-10-21;1-34-23-13-11-21(12-14-23)19-30-29-31-25-18-27(36-20-22-9-5-3-6-10-22)26(35-2)17-24(25)28(32-29)33-15-7-4-8-16-33/h3-16,21-22H,17-20,23-24H2,1-2H3,(H,36,37,38);4-12,17-18H,13-16,19-20H2,1-3H3,(H,30,31,32);3,5-6,9-14,17-18H,4,7-8,15-16,19-20H2,1-2H3,(H,30,31,32). The van der Waals surface area contributed by atoms with Crippen LogP contribution in [0, 0.1) is 0 Å². The molecule has 24 heteroatoms. The van der Waals surface area contributed by atoms with Gasteiger partial charge in [-0.1, -0.05) is 146 Å². The van der Waals surface area contributed by atoms with Crippen molar-refractivity contribution in [1.29, 1.82) is 0 Å². The van der Waals surface area contributed by atoms with Crippen molar-refractivity contribution in [3.8, 4) is 51.7 Å². The molecule has 0 unspecified atom stereocenters. The molecule has 0 atom stereocenters. The van der Waals surface area contributed by atoms with Crippen molar-refractivity contribution in [2.24, 2.45) is 0 Å². The van der Waals surface area contributed by atoms with Crippen molar-refractivity contribution in [3.63, 3.8) is 0 Å². The molecule has 3 aliphatic rings. The summed E-state index contributed by atoms with van der Waals surface area (Å²) in [7, 11) is 12.1. The lowest BCUT2D eigenvalue weighted by Crippen LogP contribution is -2.49. The molecular weight excluding hydrogens is 1470 g/mol. The number of hydrogen-bond donors (Lipinski definition) is 3. The summed E-state index contributed by atoms with van der Waals surface area (Å²) in [5.74, 6) is 10.7. The van der Waals surface area contributed by atoms with Crippen LogP contribution in [0.2, 0.25) is 0 Å². The minimum atomic E-state index is 0.0431. The number of nitrogens with one attached hydrogen (secondary N) is 3. The lowest BCUT2D eigenvalue weighted by atomic mass is 10.1. The first-order valence-corrected chi connectivity index (χ1v) is 39.5. The fraction of sp³-hybridized carbons (Fsp3) is 0.280. The molecule has 0 radical (unpaired) electrons. The normalized spacial score (nSPS) is 13.5. The van der Waals surface area contributed by atoms with Crippen LogP contribution in [0.25, 0.3) is 32.7 Å². The number of anilines is 6. The minimum Gasteiger partial charge on any atom is -0.497 e. The van der Waals surface area contributed by atoms with Crippen molar-refractivity contribution in [2.75, 3.05) is 146 Å². The topological polar surface area (TPSA) is 230 Å². The third kappa shape index (κ3) is 21.0. The van der Waals surface area contributed by atoms with E-state index in [0.29, 0.717) is 124 Å². The molecule has 3 saturated heterocycles. The van der Waals surface area contributed by atoms with Crippen LogP contribution < -0.4 is 73.3 Å². The average Bonchev–Trinajstić information content (AvgIpc) is 0.783. The van der Waals surface area contributed by atoms with Crippen LogP contribution in [-0.2, 0) is 39.5 Å². The molecule has 1 amide bonds. The average molecular weight is 1570 g/mol. The molecule has 16 rings (SSSR count). The quantitative estimate of drug-likeness (QED) is 0.0414. The predicted molar refractivity (Wildman–Crippen MR) is 462 cm³/mol. The molecule has 10 aromatic carbocycles. The van der Waals surface area contributed by atoms with E-state index >= 15 is 0 Å². The Kier molecular flexibility index (Phi) is 27.2. The Morgan fingerprint density at radius 2 is 0.624 bits per heavy atom. The summed E-state index contributed by atoms with van der Waals surface area (Å²) >= 11 is 0. The molecule has 0 bridgehead atoms. The number of fused-ring (bicyclic) bond motifs is 3. The molecular formula is C93H100N14O10. The van der Waals surface area contributed by atoms with E-state index < -0.39 is 0 Å². The monoisotopic (exact) mass is 1570 g/mol. The maximum atomic E-state index is 13.1. The van der Waals surface area contributed by atoms with E-state index in [2.05, 4.69) is 42.6 Å². The number of benzene rings is 10. The smallest absolute Gasteiger partial charge is 0.253 e. The first kappa shape index (κ1) is 80.3. The van der Waals surface area contributed by atoms with Crippen LogP contribution in [0.4, 0.5) is 35.3 Å². The lowest BCUT2D eigenvalue weighted by Gasteiger charge is -2.36. The molecule has 3 fully saturated rings. The van der Waals surface area contributed by atoms with Crippen molar-refractivity contribution in [3.05, 3.63) is 269 Å². The number of piperidine rings is 1. The highest BCUT2D eigenvalue weighted by Crippen LogP contribution is 2.41. The van der Waals surface area contributed by atoms with Gasteiger partial charge in [0.2, 0.25) is 17.8 Å². The Bertz CT molecular complexity index is 5380. The molecule has 3 N–H and O–H groups in total. The van der Waals surface area contributed by atoms with Crippen LogP contribution in [-0.4, -0.2) is 161 Å². The predicted octanol–water partition coefficient (Wildman–Crippen LogP) is 16.2. The minimum absolute atomic E-state index is 0.0431. The second kappa shape index (κ2) is 39.6. The van der Waals surface area contributed by atoms with E-state index in [0.717, 1.165) is 153 Å². The number of piperazine rings is 2. The van der Waals surface area contributed by atoms with E-state index in [1.807, 2.05) is 235 Å². The van der Waals surface area contributed by atoms with Crippen LogP contribution >= 0.6 is 0 Å². The Morgan fingerprint density at radius 3 is 0.940 bits per heavy atom. The molecule has 117 heavy (non-hydrogen) atoms. The molecule has 3 aliphatic heterocycles. The second-order valence-electron chi connectivity index (χ2n) is 28.6. The van der Waals surface area contributed by atoms with Gasteiger partial charge in [-0.3, -0.25) is 4.79 Å². The van der Waals surface area contributed by atoms with E-state index in [4.69, 9.17) is 72.5 Å². The summed E-state index contributed by atoms with van der Waals surface area (Å²) in [5, 5.41) is 13.0. The number of methoxy groups -OCH3 is 6. The van der Waals surface area contributed by atoms with Gasteiger partial charge in [0.15, 0.2) is 34.5 Å². The number of carbonyl (C=O) groups is 1. The highest BCUT2D eigenvalue weighted by atomic mass is 16.5. The number of rotatable bonds is 28. The highest BCUT2D eigenvalue weighted by molar-refractivity contribution is 5.97. The van der Waals surface area contributed by atoms with Gasteiger partial charge in [-0.05, 0) is 126 Å². The van der Waals surface area contributed by atoms with E-state index in [1.54, 1.807) is 42.7 Å². The number of likely N-dealkylation sites (N-methyl/N-ethyl adjacent to an activating group) is 1. The Morgan fingerprint density at radius 1 is 0.316 bits per heavy atom. The third-order valence-corrected chi connectivity index (χ3v) is 20.8. The third-order valence-electron chi connectivity index (χ3n) is 20.8. The van der Waals surface area contributed by atoms with Gasteiger partial charge in [-0.25, -0.2) is 15.0 Å². The fourth-order valence-corrected chi connectivity index (χ4v) is 14.1. The molecule has 3 aromatic heterocycles. The van der Waals surface area contributed by atoms with Gasteiger partial charge in [0.25, 0.3) is 5.91 Å². The van der Waals surface area contributed by atoms with Crippen LogP contribution in [0.3, 0.4) is 0 Å². The molecule has 13 aromatic rings. The van der Waals surface area contributed by atoms with Gasteiger partial charge < -0.3 is 83.1 Å². The van der Waals surface area contributed by atoms with Crippen molar-refractivity contribution in [1.82, 2.24) is 39.7 Å². The first-order valence-electron chi connectivity index (χ1n) is 39.5. The fourth-order valence-electron chi connectivity index (χ4n) is 14.1. The SMILES string of the molecule is COc1ccc(CNc2nc(N3CCCCC3)c3cc(OC)c(OCc4ccccc4)cc3n2)cc1.COc1ccc(CNc2nc(N3CCN(C(=O)c4ccccc4)CC3)c3cc(OC)c(OCc4ccccc4)cc3n2)cc1.COc1ccc(CNc2nc(N3CCN(C)CC3)c3cc(OC)c(OCc4ccccc4)cc3n2)cc1. The summed E-state index contributed by atoms with van der Waals surface area (Å²) in [6.07, 6.45) is 3.58. The van der Waals surface area contributed by atoms with Crippen LogP contribution in [0.5, 0.6) is 51.7 Å². The first-order chi connectivity index (χ1) is 57.5. The second-order valence-corrected chi connectivity index (χ2v) is 28.6. The van der Waals surface area contributed by atoms with Crippen LogP contribution in [0.1, 0.15) is 63.0 Å². The molecule has 0 aliphatic carbocycles. The number of nitrogens with zero attached hydrogens (tertiary/aromatic N) is 11. The zero-order valence-corrected chi connectivity index (χ0v) is 67.4. The zero-order chi connectivity index (χ0) is 80.7. The number of amides is 1. The van der Waals surface area contributed by atoms with Gasteiger partial charge in [0.1, 0.15) is 54.5 Å². The van der Waals surface area contributed by atoms with E-state index in [9.17, 15) is 4.79 Å². The van der Waals surface area contributed by atoms with Crippen molar-refractivity contribution >= 4 is 73.9 Å². The summed E-state index contributed by atoms with van der Waals surface area (Å²) in [6.45, 7) is 11.2.